The average Bonchev–Trinajstić information content (AvgIpc) is 3.31. The highest BCUT2D eigenvalue weighted by molar-refractivity contribution is 5.74. The van der Waals surface area contributed by atoms with Crippen molar-refractivity contribution < 1.29 is 9.53 Å². The average molecular weight is 302 g/mol. The molecule has 2 amide bonds. The Labute approximate surface area is 132 Å². The van der Waals surface area contributed by atoms with E-state index < -0.39 is 0 Å². The second-order valence-corrected chi connectivity index (χ2v) is 6.67. The molecule has 120 valence electrons. The Morgan fingerprint density at radius 3 is 2.64 bits per heavy atom. The summed E-state index contributed by atoms with van der Waals surface area (Å²) >= 11 is 0. The molecule has 2 N–H and O–H groups in total. The van der Waals surface area contributed by atoms with Crippen LogP contribution in [0.15, 0.2) is 18.2 Å². The second kappa shape index (κ2) is 6.69. The Balaban J connectivity index is 1.48. The third kappa shape index (κ3) is 3.80. The zero-order chi connectivity index (χ0) is 15.5. The van der Waals surface area contributed by atoms with E-state index in [0.29, 0.717) is 12.6 Å². The molecule has 0 aromatic heterocycles. The first kappa shape index (κ1) is 15.3. The summed E-state index contributed by atoms with van der Waals surface area (Å²) in [5.41, 5.74) is 3.65. The molecule has 1 saturated heterocycles. The Morgan fingerprint density at radius 1 is 1.23 bits per heavy atom. The van der Waals surface area contributed by atoms with Gasteiger partial charge in [-0.1, -0.05) is 18.2 Å². The van der Waals surface area contributed by atoms with E-state index in [1.807, 2.05) is 6.07 Å². The number of nitrogens with one attached hydrogen (secondary N) is 2. The maximum atomic E-state index is 12.1. The van der Waals surface area contributed by atoms with Crippen molar-refractivity contribution in [1.29, 1.82) is 0 Å². The highest BCUT2D eigenvalue weighted by atomic mass is 16.5. The number of carbonyl (C=O) groups is 1. The lowest BCUT2D eigenvalue weighted by Crippen LogP contribution is -2.46. The molecule has 4 heteroatoms. The second-order valence-electron chi connectivity index (χ2n) is 6.67. The van der Waals surface area contributed by atoms with E-state index in [2.05, 4.69) is 36.6 Å². The summed E-state index contributed by atoms with van der Waals surface area (Å²) in [7, 11) is 0. The molecule has 0 spiro atoms. The molecule has 1 aromatic carbocycles. The van der Waals surface area contributed by atoms with Crippen LogP contribution < -0.4 is 10.6 Å². The van der Waals surface area contributed by atoms with Crippen LogP contribution in [0.25, 0.3) is 0 Å². The van der Waals surface area contributed by atoms with Crippen LogP contribution in [0.2, 0.25) is 0 Å². The molecule has 4 nitrogen and oxygen atoms in total. The lowest BCUT2D eigenvalue weighted by Gasteiger charge is -2.30. The van der Waals surface area contributed by atoms with E-state index in [-0.39, 0.29) is 12.1 Å². The van der Waals surface area contributed by atoms with Gasteiger partial charge in [0.05, 0.1) is 6.10 Å². The van der Waals surface area contributed by atoms with Crippen LogP contribution in [0, 0.1) is 19.8 Å². The maximum Gasteiger partial charge on any atom is 0.315 e. The normalized spacial score (nSPS) is 24.8. The standard InChI is InChI=1S/C18H26N2O2/c1-12-4-3-5-13(2)16(12)11-19-18(21)20-15-8-9-22-17(10-15)14-6-7-14/h3-5,14-15,17H,6-11H2,1-2H3,(H2,19,20,21)/t15-,17-/m0/s1. The third-order valence-corrected chi connectivity index (χ3v) is 4.87. The molecule has 1 aromatic rings. The molecular formula is C18H26N2O2. The van der Waals surface area contributed by atoms with Gasteiger partial charge in [-0.25, -0.2) is 4.79 Å². The minimum atomic E-state index is -0.0656. The first-order valence-corrected chi connectivity index (χ1v) is 8.34. The van der Waals surface area contributed by atoms with Gasteiger partial charge in [0.1, 0.15) is 0 Å². The number of amides is 2. The van der Waals surface area contributed by atoms with Gasteiger partial charge >= 0.3 is 6.03 Å². The summed E-state index contributed by atoms with van der Waals surface area (Å²) in [6.45, 7) is 5.52. The maximum absolute atomic E-state index is 12.1. The molecule has 22 heavy (non-hydrogen) atoms. The molecule has 0 bridgehead atoms. The summed E-state index contributed by atoms with van der Waals surface area (Å²) in [6.07, 6.45) is 4.81. The van der Waals surface area contributed by atoms with Crippen molar-refractivity contribution in [3.8, 4) is 0 Å². The van der Waals surface area contributed by atoms with E-state index >= 15 is 0 Å². The van der Waals surface area contributed by atoms with Gasteiger partial charge in [-0.2, -0.15) is 0 Å². The highest BCUT2D eigenvalue weighted by Gasteiger charge is 2.36. The SMILES string of the molecule is Cc1cccc(C)c1CNC(=O)N[C@H]1CCO[C@H](C2CC2)C1. The lowest BCUT2D eigenvalue weighted by atomic mass is 10.0. The fraction of sp³-hybridized carbons (Fsp3) is 0.611. The smallest absolute Gasteiger partial charge is 0.315 e. The molecule has 1 aliphatic carbocycles. The zero-order valence-corrected chi connectivity index (χ0v) is 13.5. The van der Waals surface area contributed by atoms with Gasteiger partial charge in [-0.15, -0.1) is 0 Å². The summed E-state index contributed by atoms with van der Waals surface area (Å²) in [5, 5.41) is 6.11. The van der Waals surface area contributed by atoms with Crippen LogP contribution in [0.1, 0.15) is 42.4 Å². The molecule has 3 rings (SSSR count). The van der Waals surface area contributed by atoms with Gasteiger partial charge in [0.25, 0.3) is 0 Å². The summed E-state index contributed by atoms with van der Waals surface area (Å²) in [5.74, 6) is 0.738. The number of urea groups is 1. The number of aryl methyl sites for hydroxylation is 2. The van der Waals surface area contributed by atoms with E-state index in [1.165, 1.54) is 29.5 Å². The van der Waals surface area contributed by atoms with Crippen molar-refractivity contribution in [2.24, 2.45) is 5.92 Å². The molecule has 1 saturated carbocycles. The predicted octanol–water partition coefficient (Wildman–Crippen LogP) is 3.06. The molecule has 0 radical (unpaired) electrons. The van der Waals surface area contributed by atoms with Gasteiger partial charge in [0, 0.05) is 19.2 Å². The third-order valence-electron chi connectivity index (χ3n) is 4.87. The van der Waals surface area contributed by atoms with Crippen LogP contribution in [0.4, 0.5) is 4.79 Å². The fourth-order valence-corrected chi connectivity index (χ4v) is 3.29. The number of benzene rings is 1. The van der Waals surface area contributed by atoms with Gasteiger partial charge in [-0.3, -0.25) is 0 Å². The number of carbonyl (C=O) groups excluding carboxylic acids is 1. The topological polar surface area (TPSA) is 50.4 Å². The van der Waals surface area contributed by atoms with Crippen LogP contribution in [0.5, 0.6) is 0 Å². The summed E-state index contributed by atoms with van der Waals surface area (Å²) in [4.78, 5) is 12.1. The molecule has 2 atom stereocenters. The summed E-state index contributed by atoms with van der Waals surface area (Å²) in [6, 6.07) is 6.40. The Morgan fingerprint density at radius 2 is 1.95 bits per heavy atom. The predicted molar refractivity (Wildman–Crippen MR) is 86.8 cm³/mol. The van der Waals surface area contributed by atoms with Crippen LogP contribution in [-0.2, 0) is 11.3 Å². The zero-order valence-electron chi connectivity index (χ0n) is 13.5. The monoisotopic (exact) mass is 302 g/mol. The quantitative estimate of drug-likeness (QED) is 0.898. The van der Waals surface area contributed by atoms with Gasteiger partial charge in [0.15, 0.2) is 0 Å². The Bertz CT molecular complexity index is 520. The number of rotatable bonds is 4. The number of hydrogen-bond acceptors (Lipinski definition) is 2. The molecule has 0 unspecified atom stereocenters. The van der Waals surface area contributed by atoms with Crippen molar-refractivity contribution >= 4 is 6.03 Å². The number of ether oxygens (including phenoxy) is 1. The minimum absolute atomic E-state index is 0.0656. The Hall–Kier alpha value is -1.55. The molecule has 2 fully saturated rings. The van der Waals surface area contributed by atoms with E-state index in [1.54, 1.807) is 0 Å². The van der Waals surface area contributed by atoms with Crippen LogP contribution >= 0.6 is 0 Å². The number of hydrogen-bond donors (Lipinski definition) is 2. The lowest BCUT2D eigenvalue weighted by molar-refractivity contribution is -0.00914. The van der Waals surface area contributed by atoms with Gasteiger partial charge in [-0.05, 0) is 62.1 Å². The molecule has 1 aliphatic heterocycles. The van der Waals surface area contributed by atoms with Crippen LogP contribution in [-0.4, -0.2) is 24.8 Å². The van der Waals surface area contributed by atoms with Crippen LogP contribution in [0.3, 0.4) is 0 Å². The fourth-order valence-electron chi connectivity index (χ4n) is 3.29. The van der Waals surface area contributed by atoms with Crippen molar-refractivity contribution in [3.05, 3.63) is 34.9 Å². The van der Waals surface area contributed by atoms with Crippen molar-refractivity contribution in [2.75, 3.05) is 6.61 Å². The summed E-state index contributed by atoms with van der Waals surface area (Å²) < 4.78 is 5.80. The Kier molecular flexibility index (Phi) is 4.67. The van der Waals surface area contributed by atoms with Gasteiger partial charge < -0.3 is 15.4 Å². The largest absolute Gasteiger partial charge is 0.378 e. The molecule has 2 aliphatic rings. The van der Waals surface area contributed by atoms with Crippen molar-refractivity contribution in [1.82, 2.24) is 10.6 Å². The molecule has 1 heterocycles. The van der Waals surface area contributed by atoms with Crippen molar-refractivity contribution in [2.45, 2.75) is 58.2 Å². The van der Waals surface area contributed by atoms with Gasteiger partial charge in [0.2, 0.25) is 0 Å². The van der Waals surface area contributed by atoms with E-state index in [9.17, 15) is 4.79 Å². The minimum Gasteiger partial charge on any atom is -0.378 e. The molecular weight excluding hydrogens is 276 g/mol. The first-order valence-electron chi connectivity index (χ1n) is 8.34. The highest BCUT2D eigenvalue weighted by Crippen LogP contribution is 2.38. The van der Waals surface area contributed by atoms with Crippen molar-refractivity contribution in [3.63, 3.8) is 0 Å². The van der Waals surface area contributed by atoms with E-state index in [4.69, 9.17) is 4.74 Å². The van der Waals surface area contributed by atoms with E-state index in [0.717, 1.165) is 25.4 Å². The first-order chi connectivity index (χ1) is 10.6.